The average Bonchev–Trinajstić information content (AvgIpc) is 2.47. The molecule has 0 spiro atoms. The highest BCUT2D eigenvalue weighted by Gasteiger charge is 2.34. The van der Waals surface area contributed by atoms with Crippen LogP contribution in [0, 0.1) is 5.92 Å². The van der Waals surface area contributed by atoms with Crippen molar-refractivity contribution in [2.75, 3.05) is 13.1 Å². The number of carbonyl (C=O) groups is 1. The molecule has 0 aromatic carbocycles. The van der Waals surface area contributed by atoms with Crippen molar-refractivity contribution in [2.45, 2.75) is 39.2 Å². The fourth-order valence-electron chi connectivity index (χ4n) is 1.49. The normalized spacial score (nSPS) is 22.3. The number of hydrogen-bond donors (Lipinski definition) is 0. The molecule has 0 N–H and O–H groups in total. The van der Waals surface area contributed by atoms with Gasteiger partial charge in [-0.2, -0.15) is 0 Å². The van der Waals surface area contributed by atoms with E-state index in [1.807, 2.05) is 0 Å². The summed E-state index contributed by atoms with van der Waals surface area (Å²) in [5.41, 5.74) is -0.569. The Kier molecular flexibility index (Phi) is 3.52. The summed E-state index contributed by atoms with van der Waals surface area (Å²) < 4.78 is 29.8. The monoisotopic (exact) mass is 221 g/mol. The zero-order chi connectivity index (χ0) is 11.6. The largest absolute Gasteiger partial charge is 0.444 e. The number of rotatable bonds is 1. The van der Waals surface area contributed by atoms with Crippen LogP contribution in [-0.2, 0) is 4.74 Å². The van der Waals surface area contributed by atoms with Gasteiger partial charge in [-0.15, -0.1) is 0 Å². The van der Waals surface area contributed by atoms with E-state index in [2.05, 4.69) is 0 Å². The molecule has 0 unspecified atom stereocenters. The highest BCUT2D eigenvalue weighted by Crippen LogP contribution is 2.24. The molecule has 0 radical (unpaired) electrons. The van der Waals surface area contributed by atoms with Gasteiger partial charge in [0.1, 0.15) is 5.60 Å². The molecule has 1 saturated heterocycles. The van der Waals surface area contributed by atoms with E-state index in [0.29, 0.717) is 13.0 Å². The number of hydrogen-bond acceptors (Lipinski definition) is 2. The minimum absolute atomic E-state index is 0.104. The Morgan fingerprint density at radius 1 is 1.47 bits per heavy atom. The zero-order valence-corrected chi connectivity index (χ0v) is 9.30. The smallest absolute Gasteiger partial charge is 0.410 e. The van der Waals surface area contributed by atoms with Crippen molar-refractivity contribution in [1.82, 2.24) is 4.90 Å². The van der Waals surface area contributed by atoms with Gasteiger partial charge in [-0.25, -0.2) is 13.6 Å². The summed E-state index contributed by atoms with van der Waals surface area (Å²) in [5, 5.41) is 0. The number of alkyl halides is 2. The molecule has 1 aliphatic rings. The molecule has 3 nitrogen and oxygen atoms in total. The minimum atomic E-state index is -2.35. The van der Waals surface area contributed by atoms with Crippen LogP contribution < -0.4 is 0 Å². The van der Waals surface area contributed by atoms with E-state index in [-0.39, 0.29) is 6.54 Å². The van der Waals surface area contributed by atoms with Crippen molar-refractivity contribution in [1.29, 1.82) is 0 Å². The molecular formula is C10H17F2NO2. The van der Waals surface area contributed by atoms with Crippen molar-refractivity contribution >= 4 is 6.09 Å². The van der Waals surface area contributed by atoms with Gasteiger partial charge in [-0.05, 0) is 27.2 Å². The van der Waals surface area contributed by atoms with Crippen LogP contribution in [0.3, 0.4) is 0 Å². The van der Waals surface area contributed by atoms with Gasteiger partial charge in [-0.3, -0.25) is 0 Å². The van der Waals surface area contributed by atoms with Gasteiger partial charge in [-0.1, -0.05) is 0 Å². The maximum absolute atomic E-state index is 12.3. The number of ether oxygens (including phenoxy) is 1. The van der Waals surface area contributed by atoms with Crippen LogP contribution in [0.2, 0.25) is 0 Å². The first kappa shape index (κ1) is 12.2. The zero-order valence-electron chi connectivity index (χ0n) is 9.30. The van der Waals surface area contributed by atoms with Crippen molar-refractivity contribution in [3.63, 3.8) is 0 Å². The van der Waals surface area contributed by atoms with Crippen molar-refractivity contribution in [3.05, 3.63) is 0 Å². The Balaban J connectivity index is 2.44. The van der Waals surface area contributed by atoms with Gasteiger partial charge in [0, 0.05) is 19.0 Å². The first-order valence-electron chi connectivity index (χ1n) is 5.05. The van der Waals surface area contributed by atoms with E-state index < -0.39 is 24.0 Å². The van der Waals surface area contributed by atoms with Crippen LogP contribution in [0.25, 0.3) is 0 Å². The summed E-state index contributed by atoms with van der Waals surface area (Å²) in [6.07, 6.45) is -2.49. The van der Waals surface area contributed by atoms with E-state index in [9.17, 15) is 13.6 Å². The van der Waals surface area contributed by atoms with Crippen molar-refractivity contribution in [3.8, 4) is 0 Å². The lowest BCUT2D eigenvalue weighted by molar-refractivity contribution is 0.0255. The molecule has 15 heavy (non-hydrogen) atoms. The lowest BCUT2D eigenvalue weighted by atomic mass is 10.1. The maximum atomic E-state index is 12.3. The van der Waals surface area contributed by atoms with Crippen molar-refractivity contribution < 1.29 is 18.3 Å². The molecule has 1 amide bonds. The Hall–Kier alpha value is -0.870. The molecule has 1 fully saturated rings. The standard InChI is InChI=1S/C10H17F2NO2/c1-10(2,3)15-9(14)13-5-4-7(6-13)8(11)12/h7-8H,4-6H2,1-3H3/t7-/m1/s1. The van der Waals surface area contributed by atoms with E-state index in [0.717, 1.165) is 0 Å². The molecular weight excluding hydrogens is 204 g/mol. The summed E-state index contributed by atoms with van der Waals surface area (Å²) in [6.45, 7) is 5.74. The van der Waals surface area contributed by atoms with Gasteiger partial charge < -0.3 is 9.64 Å². The summed E-state index contributed by atoms with van der Waals surface area (Å²) in [4.78, 5) is 12.8. The second kappa shape index (κ2) is 4.33. The SMILES string of the molecule is CC(C)(C)OC(=O)N1CC[C@@H](C(F)F)C1. The van der Waals surface area contributed by atoms with E-state index >= 15 is 0 Å². The van der Waals surface area contributed by atoms with Gasteiger partial charge in [0.2, 0.25) is 6.43 Å². The fraction of sp³-hybridized carbons (Fsp3) is 0.900. The Labute approximate surface area is 88.4 Å². The van der Waals surface area contributed by atoms with Crippen LogP contribution in [0.4, 0.5) is 13.6 Å². The van der Waals surface area contributed by atoms with Gasteiger partial charge in [0.25, 0.3) is 0 Å². The predicted octanol–water partition coefficient (Wildman–Crippen LogP) is 2.51. The second-order valence-corrected chi connectivity index (χ2v) is 4.81. The predicted molar refractivity (Wildman–Crippen MR) is 51.9 cm³/mol. The molecule has 5 heteroatoms. The minimum Gasteiger partial charge on any atom is -0.444 e. The molecule has 1 atom stereocenters. The number of likely N-dealkylation sites (tertiary alicyclic amines) is 1. The molecule has 1 heterocycles. The van der Waals surface area contributed by atoms with Gasteiger partial charge in [0.05, 0.1) is 0 Å². The lowest BCUT2D eigenvalue weighted by Gasteiger charge is -2.24. The number of carbonyl (C=O) groups excluding carboxylic acids is 1. The van der Waals surface area contributed by atoms with E-state index in [1.165, 1.54) is 4.90 Å². The molecule has 0 aromatic rings. The molecule has 1 rings (SSSR count). The maximum Gasteiger partial charge on any atom is 0.410 e. The van der Waals surface area contributed by atoms with Crippen molar-refractivity contribution in [2.24, 2.45) is 5.92 Å². The highest BCUT2D eigenvalue weighted by molar-refractivity contribution is 5.68. The van der Waals surface area contributed by atoms with Crippen LogP contribution in [0.1, 0.15) is 27.2 Å². The molecule has 0 aromatic heterocycles. The first-order chi connectivity index (χ1) is 6.79. The fourth-order valence-corrected chi connectivity index (χ4v) is 1.49. The summed E-state index contributed by atoms with van der Waals surface area (Å²) in [6, 6.07) is 0. The molecule has 0 bridgehead atoms. The molecule has 0 saturated carbocycles. The third-order valence-corrected chi connectivity index (χ3v) is 2.23. The second-order valence-electron chi connectivity index (χ2n) is 4.81. The topological polar surface area (TPSA) is 29.5 Å². The highest BCUT2D eigenvalue weighted by atomic mass is 19.3. The molecule has 88 valence electrons. The van der Waals surface area contributed by atoms with Gasteiger partial charge >= 0.3 is 6.09 Å². The Bertz CT molecular complexity index is 238. The van der Waals surface area contributed by atoms with Crippen LogP contribution in [0.15, 0.2) is 0 Å². The third-order valence-electron chi connectivity index (χ3n) is 2.23. The average molecular weight is 221 g/mol. The molecule has 0 aliphatic carbocycles. The first-order valence-corrected chi connectivity index (χ1v) is 5.05. The summed E-state index contributed by atoms with van der Waals surface area (Å²) in [5.74, 6) is -0.697. The number of halogens is 2. The van der Waals surface area contributed by atoms with E-state index in [4.69, 9.17) is 4.74 Å². The molecule has 1 aliphatic heterocycles. The van der Waals surface area contributed by atoms with E-state index in [1.54, 1.807) is 20.8 Å². The van der Waals surface area contributed by atoms with Crippen LogP contribution >= 0.6 is 0 Å². The lowest BCUT2D eigenvalue weighted by Crippen LogP contribution is -2.35. The van der Waals surface area contributed by atoms with Crippen LogP contribution in [0.5, 0.6) is 0 Å². The quantitative estimate of drug-likeness (QED) is 0.681. The summed E-state index contributed by atoms with van der Waals surface area (Å²) in [7, 11) is 0. The van der Waals surface area contributed by atoms with Crippen LogP contribution in [-0.4, -0.2) is 36.1 Å². The Morgan fingerprint density at radius 3 is 2.47 bits per heavy atom. The van der Waals surface area contributed by atoms with Gasteiger partial charge in [0.15, 0.2) is 0 Å². The summed E-state index contributed by atoms with van der Waals surface area (Å²) >= 11 is 0. The number of nitrogens with zero attached hydrogens (tertiary/aromatic N) is 1. The third kappa shape index (κ3) is 3.64. The Morgan fingerprint density at radius 2 is 2.07 bits per heavy atom. The number of amides is 1.